The minimum absolute atomic E-state index is 0.123. The summed E-state index contributed by atoms with van der Waals surface area (Å²) in [6.07, 6.45) is 1.93. The summed E-state index contributed by atoms with van der Waals surface area (Å²) in [6, 6.07) is 7.38. The van der Waals surface area contributed by atoms with Gasteiger partial charge in [0.2, 0.25) is 0 Å². The molecule has 0 saturated heterocycles. The smallest absolute Gasteiger partial charge is 0.259 e. The number of nitrogens with one attached hydrogen (secondary N) is 1. The minimum atomic E-state index is -0.123. The molecule has 2 heterocycles. The maximum Gasteiger partial charge on any atom is 0.259 e. The first-order valence-electron chi connectivity index (χ1n) is 7.00. The minimum Gasteiger partial charge on any atom is -0.497 e. The first-order chi connectivity index (χ1) is 11.1. The first-order valence-corrected chi connectivity index (χ1v) is 7.88. The summed E-state index contributed by atoms with van der Waals surface area (Å²) in [5.74, 6) is 1.98. The maximum atomic E-state index is 12.1. The zero-order valence-electron chi connectivity index (χ0n) is 13.0. The third-order valence-corrected chi connectivity index (χ3v) is 4.27. The number of H-pyrrole nitrogens is 1. The first kappa shape index (κ1) is 15.3. The van der Waals surface area contributed by atoms with Crippen LogP contribution in [0.2, 0.25) is 0 Å². The van der Waals surface area contributed by atoms with Crippen molar-refractivity contribution in [1.82, 2.24) is 9.97 Å². The molecule has 6 heteroatoms. The highest BCUT2D eigenvalue weighted by molar-refractivity contribution is 7.16. The Kier molecular flexibility index (Phi) is 4.16. The molecule has 1 aromatic carbocycles. The van der Waals surface area contributed by atoms with Crippen LogP contribution in [0, 0.1) is 0 Å². The molecule has 1 N–H and O–H groups in total. The van der Waals surface area contributed by atoms with E-state index in [4.69, 9.17) is 9.47 Å². The van der Waals surface area contributed by atoms with E-state index >= 15 is 0 Å². The van der Waals surface area contributed by atoms with Crippen molar-refractivity contribution in [2.75, 3.05) is 14.2 Å². The van der Waals surface area contributed by atoms with Gasteiger partial charge in [-0.2, -0.15) is 0 Å². The lowest BCUT2D eigenvalue weighted by atomic mass is 10.1. The zero-order chi connectivity index (χ0) is 16.4. The molecule has 23 heavy (non-hydrogen) atoms. The van der Waals surface area contributed by atoms with Gasteiger partial charge in [0.15, 0.2) is 0 Å². The van der Waals surface area contributed by atoms with E-state index in [-0.39, 0.29) is 5.56 Å². The molecule has 0 unspecified atom stereocenters. The number of ether oxygens (including phenoxy) is 2. The highest BCUT2D eigenvalue weighted by Crippen LogP contribution is 2.25. The van der Waals surface area contributed by atoms with Gasteiger partial charge in [-0.3, -0.25) is 4.79 Å². The number of hydrogen-bond acceptors (Lipinski definition) is 5. The highest BCUT2D eigenvalue weighted by atomic mass is 32.1. The van der Waals surface area contributed by atoms with E-state index in [0.717, 1.165) is 16.0 Å². The van der Waals surface area contributed by atoms with Gasteiger partial charge in [0, 0.05) is 6.07 Å². The second-order valence-corrected chi connectivity index (χ2v) is 5.92. The lowest BCUT2D eigenvalue weighted by molar-refractivity contribution is 0.394. The molecule has 0 radical (unpaired) electrons. The lowest BCUT2D eigenvalue weighted by Gasteiger charge is -2.07. The SMILES string of the molecule is COc1cc(C=C(C)c2nc3sccc3c(=O)[nH]2)cc(OC)c1. The fourth-order valence-electron chi connectivity index (χ4n) is 2.28. The number of fused-ring (bicyclic) bond motifs is 1. The van der Waals surface area contributed by atoms with Gasteiger partial charge < -0.3 is 14.5 Å². The Labute approximate surface area is 137 Å². The fourth-order valence-corrected chi connectivity index (χ4v) is 3.05. The van der Waals surface area contributed by atoms with Crippen LogP contribution in [0.4, 0.5) is 0 Å². The van der Waals surface area contributed by atoms with Crippen molar-refractivity contribution in [2.45, 2.75) is 6.92 Å². The van der Waals surface area contributed by atoms with E-state index in [1.165, 1.54) is 11.3 Å². The number of hydrogen-bond donors (Lipinski definition) is 1. The van der Waals surface area contributed by atoms with Crippen molar-refractivity contribution >= 4 is 33.2 Å². The van der Waals surface area contributed by atoms with Gasteiger partial charge in [-0.25, -0.2) is 4.98 Å². The molecule has 3 aromatic rings. The number of aromatic amines is 1. The van der Waals surface area contributed by atoms with E-state index in [1.807, 2.05) is 36.6 Å². The van der Waals surface area contributed by atoms with Gasteiger partial charge in [0.25, 0.3) is 5.56 Å². The summed E-state index contributed by atoms with van der Waals surface area (Å²) in [4.78, 5) is 20.1. The van der Waals surface area contributed by atoms with Gasteiger partial charge in [-0.15, -0.1) is 11.3 Å². The van der Waals surface area contributed by atoms with E-state index < -0.39 is 0 Å². The van der Waals surface area contributed by atoms with Crippen molar-refractivity contribution in [3.63, 3.8) is 0 Å². The Morgan fingerprint density at radius 1 is 1.22 bits per heavy atom. The van der Waals surface area contributed by atoms with Crippen LogP contribution >= 0.6 is 11.3 Å². The number of methoxy groups -OCH3 is 2. The molecule has 0 spiro atoms. The van der Waals surface area contributed by atoms with Crippen LogP contribution in [0.25, 0.3) is 21.9 Å². The second-order valence-electron chi connectivity index (χ2n) is 5.03. The summed E-state index contributed by atoms with van der Waals surface area (Å²) in [5, 5.41) is 2.48. The standard InChI is InChI=1S/C17H16N2O3S/c1-10(6-11-7-12(21-2)9-13(8-11)22-3)15-18-16(20)14-4-5-23-17(14)19-15/h4-9H,1-3H3,(H,18,19,20). The molecule has 0 aliphatic rings. The van der Waals surface area contributed by atoms with Crippen LogP contribution in [0.15, 0.2) is 34.4 Å². The van der Waals surface area contributed by atoms with Crippen LogP contribution < -0.4 is 15.0 Å². The van der Waals surface area contributed by atoms with Gasteiger partial charge in [-0.05, 0) is 47.7 Å². The van der Waals surface area contributed by atoms with Gasteiger partial charge in [0.05, 0.1) is 19.6 Å². The number of thiophene rings is 1. The van der Waals surface area contributed by atoms with Crippen molar-refractivity contribution in [3.8, 4) is 11.5 Å². The summed E-state index contributed by atoms with van der Waals surface area (Å²) in [7, 11) is 3.22. The van der Waals surface area contributed by atoms with Crippen LogP contribution in [-0.2, 0) is 0 Å². The van der Waals surface area contributed by atoms with Gasteiger partial charge in [-0.1, -0.05) is 0 Å². The molecule has 0 atom stereocenters. The number of allylic oxidation sites excluding steroid dienone is 1. The Bertz CT molecular complexity index is 918. The largest absolute Gasteiger partial charge is 0.497 e. The molecule has 0 bridgehead atoms. The molecule has 0 aliphatic heterocycles. The Hall–Kier alpha value is -2.60. The van der Waals surface area contributed by atoms with Crippen LogP contribution in [0.5, 0.6) is 11.5 Å². The zero-order valence-corrected chi connectivity index (χ0v) is 13.9. The lowest BCUT2D eigenvalue weighted by Crippen LogP contribution is -2.09. The third kappa shape index (κ3) is 3.12. The fraction of sp³-hybridized carbons (Fsp3) is 0.176. The number of nitrogens with zero attached hydrogens (tertiary/aromatic N) is 1. The van der Waals surface area contributed by atoms with Gasteiger partial charge in [0.1, 0.15) is 22.2 Å². The van der Waals surface area contributed by atoms with E-state index in [1.54, 1.807) is 20.3 Å². The van der Waals surface area contributed by atoms with Crippen LogP contribution in [-0.4, -0.2) is 24.2 Å². The Morgan fingerprint density at radius 2 is 1.91 bits per heavy atom. The van der Waals surface area contributed by atoms with Crippen molar-refractivity contribution in [1.29, 1.82) is 0 Å². The van der Waals surface area contributed by atoms with Crippen molar-refractivity contribution < 1.29 is 9.47 Å². The number of aromatic nitrogens is 2. The van der Waals surface area contributed by atoms with E-state index in [0.29, 0.717) is 22.7 Å². The maximum absolute atomic E-state index is 12.1. The molecule has 3 rings (SSSR count). The predicted octanol–water partition coefficient (Wildman–Crippen LogP) is 3.56. The van der Waals surface area contributed by atoms with Crippen LogP contribution in [0.1, 0.15) is 18.3 Å². The topological polar surface area (TPSA) is 64.2 Å². The predicted molar refractivity (Wildman–Crippen MR) is 93.3 cm³/mol. The molecule has 0 fully saturated rings. The molecule has 0 saturated carbocycles. The van der Waals surface area contributed by atoms with Crippen LogP contribution in [0.3, 0.4) is 0 Å². The summed E-state index contributed by atoms with van der Waals surface area (Å²) < 4.78 is 10.5. The van der Waals surface area contributed by atoms with Crippen molar-refractivity contribution in [3.05, 3.63) is 51.4 Å². The summed E-state index contributed by atoms with van der Waals surface area (Å²) >= 11 is 1.45. The molecular formula is C17H16N2O3S. The third-order valence-electron chi connectivity index (χ3n) is 3.47. The summed E-state index contributed by atoms with van der Waals surface area (Å²) in [6.45, 7) is 1.91. The monoisotopic (exact) mass is 328 g/mol. The van der Waals surface area contributed by atoms with Gasteiger partial charge >= 0.3 is 0 Å². The molecule has 118 valence electrons. The molecule has 0 amide bonds. The number of rotatable bonds is 4. The average molecular weight is 328 g/mol. The normalized spacial score (nSPS) is 11.7. The number of benzene rings is 1. The molecule has 0 aliphatic carbocycles. The summed E-state index contributed by atoms with van der Waals surface area (Å²) in [5.41, 5.74) is 1.64. The second kappa shape index (κ2) is 6.26. The molecule has 2 aromatic heterocycles. The highest BCUT2D eigenvalue weighted by Gasteiger charge is 2.07. The molecular weight excluding hydrogens is 312 g/mol. The molecule has 5 nitrogen and oxygen atoms in total. The Morgan fingerprint density at radius 3 is 2.57 bits per heavy atom. The average Bonchev–Trinajstić information content (AvgIpc) is 3.03. The Balaban J connectivity index is 2.05. The van der Waals surface area contributed by atoms with E-state index in [2.05, 4.69) is 9.97 Å². The van der Waals surface area contributed by atoms with E-state index in [9.17, 15) is 4.79 Å². The quantitative estimate of drug-likeness (QED) is 0.795. The van der Waals surface area contributed by atoms with Crippen molar-refractivity contribution in [2.24, 2.45) is 0 Å².